The van der Waals surface area contributed by atoms with Gasteiger partial charge in [-0.15, -0.1) is 13.2 Å². The van der Waals surface area contributed by atoms with Crippen molar-refractivity contribution in [3.05, 3.63) is 0 Å². The van der Waals surface area contributed by atoms with Crippen LogP contribution in [0.25, 0.3) is 0 Å². The molecule has 0 amide bonds. The molecule has 0 bridgehead atoms. The summed E-state index contributed by atoms with van der Waals surface area (Å²) in [4.78, 5) is 26.6. The van der Waals surface area contributed by atoms with Gasteiger partial charge in [-0.1, -0.05) is 0 Å². The lowest BCUT2D eigenvalue weighted by Crippen LogP contribution is -1.90. The zero-order valence-electron chi connectivity index (χ0n) is 8.54. The molecule has 0 aliphatic carbocycles. The fourth-order valence-corrected chi connectivity index (χ4v) is 0.227. The first kappa shape index (κ1) is 19.7. The highest BCUT2D eigenvalue weighted by molar-refractivity contribution is 5.58. The molecule has 0 fully saturated rings. The smallest absolute Gasteiger partial charge is 0.456 e. The first-order chi connectivity index (χ1) is 7.27. The molecule has 0 aliphatic heterocycles. The first-order valence-electron chi connectivity index (χ1n) is 3.80. The maximum absolute atomic E-state index is 10.8. The summed E-state index contributed by atoms with van der Waals surface area (Å²) in [6.07, 6.45) is -5.75. The second kappa shape index (κ2) is 15.7. The number of carboxylic acid groups (broad SMARTS) is 1. The van der Waals surface area contributed by atoms with Crippen molar-refractivity contribution in [2.75, 3.05) is 13.2 Å². The van der Waals surface area contributed by atoms with Crippen molar-refractivity contribution >= 4 is 18.7 Å². The van der Waals surface area contributed by atoms with E-state index in [-0.39, 0.29) is 13.2 Å². The largest absolute Gasteiger partial charge is 0.495 e. The Bertz CT molecular complexity index is 188. The molecule has 0 atom stereocenters. The van der Waals surface area contributed by atoms with Crippen LogP contribution in [0.15, 0.2) is 0 Å². The van der Waals surface area contributed by atoms with Crippen LogP contribution in [0.3, 0.4) is 0 Å². The zero-order chi connectivity index (χ0) is 13.6. The third kappa shape index (κ3) is 86.8. The van der Waals surface area contributed by atoms with Crippen molar-refractivity contribution in [3.8, 4) is 0 Å². The van der Waals surface area contributed by atoms with Crippen LogP contribution in [0.2, 0.25) is 0 Å². The highest BCUT2D eigenvalue weighted by Gasteiger charge is 1.89. The van der Waals surface area contributed by atoms with Crippen LogP contribution in [-0.4, -0.2) is 37.0 Å². The molecule has 1 N–H and O–H groups in total. The molecule has 0 radical (unpaired) electrons. The number of rotatable bonds is 2. The van der Waals surface area contributed by atoms with Crippen LogP contribution >= 0.6 is 0 Å². The predicted octanol–water partition coefficient (Wildman–Crippen LogP) is 2.86. The van der Waals surface area contributed by atoms with E-state index in [1.165, 1.54) is 13.8 Å². The van der Waals surface area contributed by atoms with Gasteiger partial charge in [0.1, 0.15) is 0 Å². The molecule has 0 aliphatic rings. The molecule has 6 nitrogen and oxygen atoms in total. The van der Waals surface area contributed by atoms with E-state index in [2.05, 4.69) is 9.47 Å². The Kier molecular flexibility index (Phi) is 19.3. The molecule has 0 aromatic heterocycles. The van der Waals surface area contributed by atoms with Gasteiger partial charge in [-0.25, -0.2) is 14.4 Å². The minimum absolute atomic E-state index is 0.106. The molecule has 96 valence electrons. The molecule has 0 saturated heterocycles. The maximum atomic E-state index is 10.8. The third-order valence-corrected chi connectivity index (χ3v) is 0.516. The van der Waals surface area contributed by atoms with Gasteiger partial charge in [0.15, 0.2) is 0 Å². The normalized spacial score (nSPS) is 7.31. The summed E-state index contributed by atoms with van der Waals surface area (Å²) in [5, 5.41) is 6.75. The van der Waals surface area contributed by atoms with Crippen molar-refractivity contribution in [2.45, 2.75) is 13.8 Å². The van der Waals surface area contributed by atoms with E-state index in [9.17, 15) is 13.2 Å². The van der Waals surface area contributed by atoms with Crippen LogP contribution < -0.4 is 0 Å². The molecule has 0 aromatic rings. The molecule has 9 heteroatoms. The second-order valence-corrected chi connectivity index (χ2v) is 1.59. The minimum Gasteiger partial charge on any atom is -0.456 e. The van der Waals surface area contributed by atoms with Gasteiger partial charge in [0, 0.05) is 0 Å². The lowest BCUT2D eigenvalue weighted by atomic mass is 10.9. The van der Waals surface area contributed by atoms with Crippen LogP contribution in [-0.2, 0) is 9.47 Å². The van der Waals surface area contributed by atoms with Gasteiger partial charge in [-0.3, -0.25) is 0 Å². The van der Waals surface area contributed by atoms with E-state index >= 15 is 0 Å². The van der Waals surface area contributed by atoms with E-state index in [1.54, 1.807) is 0 Å². The van der Waals surface area contributed by atoms with Gasteiger partial charge in [0.25, 0.3) is 0 Å². The van der Waals surface area contributed by atoms with Gasteiger partial charge in [-0.05, 0) is 13.8 Å². The van der Waals surface area contributed by atoms with Gasteiger partial charge in [0.05, 0.1) is 13.2 Å². The van der Waals surface area contributed by atoms with Crippen molar-refractivity contribution in [1.29, 1.82) is 0 Å². The van der Waals surface area contributed by atoms with E-state index in [0.717, 1.165) is 0 Å². The molecule has 0 unspecified atom stereocenters. The fourth-order valence-electron chi connectivity index (χ4n) is 0.227. The van der Waals surface area contributed by atoms with E-state index in [1.807, 2.05) is 0 Å². The fraction of sp³-hybridized carbons (Fsp3) is 0.571. The first-order valence-corrected chi connectivity index (χ1v) is 3.80. The number of carbonyl (C=O) groups is 3. The molecule has 0 rings (SSSR count). The number of halogens is 3. The van der Waals surface area contributed by atoms with Crippen LogP contribution in [0.4, 0.5) is 27.6 Å². The quantitative estimate of drug-likeness (QED) is 0.755. The SMILES string of the molecule is CCOC(=O)F.CCOC(=O)F.O=C(O)F. The summed E-state index contributed by atoms with van der Waals surface area (Å²) in [5.41, 5.74) is 0. The highest BCUT2D eigenvalue weighted by Crippen LogP contribution is 1.77. The lowest BCUT2D eigenvalue weighted by Gasteiger charge is -1.85. The van der Waals surface area contributed by atoms with Crippen molar-refractivity contribution in [1.82, 2.24) is 0 Å². The number of ether oxygens (including phenoxy) is 2. The summed E-state index contributed by atoms with van der Waals surface area (Å²) in [7, 11) is 0. The van der Waals surface area contributed by atoms with Crippen molar-refractivity contribution in [3.63, 3.8) is 0 Å². The molecular weight excluding hydrogens is 237 g/mol. The number of hydrogen-bond donors (Lipinski definition) is 1. The lowest BCUT2D eigenvalue weighted by molar-refractivity contribution is 0.125. The average molecular weight is 248 g/mol. The molecule has 0 aromatic carbocycles. The Labute approximate surface area is 88.9 Å². The summed E-state index contributed by atoms with van der Waals surface area (Å²) >= 11 is 0. The molecular formula is C7H11F3O6. The van der Waals surface area contributed by atoms with E-state index in [0.29, 0.717) is 0 Å². The van der Waals surface area contributed by atoms with E-state index < -0.39 is 18.7 Å². The van der Waals surface area contributed by atoms with Crippen molar-refractivity contribution < 1.29 is 42.1 Å². The standard InChI is InChI=1S/2C3H5FO2.CHFO2/c2*1-2-6-3(4)5;2-1(3)4/h2*2H2,1H3;(H,3,4). The second-order valence-electron chi connectivity index (χ2n) is 1.59. The van der Waals surface area contributed by atoms with Crippen LogP contribution in [0.1, 0.15) is 13.8 Å². The molecule has 0 saturated carbocycles. The van der Waals surface area contributed by atoms with Crippen molar-refractivity contribution in [2.24, 2.45) is 0 Å². The van der Waals surface area contributed by atoms with Gasteiger partial charge < -0.3 is 14.6 Å². The summed E-state index contributed by atoms with van der Waals surface area (Å²) in [5.74, 6) is 0. The third-order valence-electron chi connectivity index (χ3n) is 0.516. The Hall–Kier alpha value is -1.80. The van der Waals surface area contributed by atoms with Gasteiger partial charge in [0.2, 0.25) is 0 Å². The summed E-state index contributed by atoms with van der Waals surface area (Å²) in [6, 6.07) is 0. The summed E-state index contributed by atoms with van der Waals surface area (Å²) in [6.45, 7) is 3.29. The highest BCUT2D eigenvalue weighted by atomic mass is 19.2. The average Bonchev–Trinajstić information content (AvgIpc) is 2.02. The Morgan fingerprint density at radius 1 is 0.938 bits per heavy atom. The Morgan fingerprint density at radius 2 is 1.12 bits per heavy atom. The predicted molar refractivity (Wildman–Crippen MR) is 45.4 cm³/mol. The minimum atomic E-state index is -2.33. The topological polar surface area (TPSA) is 89.9 Å². The molecule has 0 heterocycles. The van der Waals surface area contributed by atoms with Gasteiger partial charge >= 0.3 is 18.7 Å². The number of hydrogen-bond acceptors (Lipinski definition) is 5. The van der Waals surface area contributed by atoms with Gasteiger partial charge in [-0.2, -0.15) is 0 Å². The van der Waals surface area contributed by atoms with E-state index in [4.69, 9.17) is 19.5 Å². The Morgan fingerprint density at radius 3 is 1.12 bits per heavy atom. The zero-order valence-corrected chi connectivity index (χ0v) is 8.54. The maximum Gasteiger partial charge on any atom is 0.495 e. The molecule has 0 spiro atoms. The number of carbonyl (C=O) groups excluding carboxylic acids is 2. The summed E-state index contributed by atoms with van der Waals surface area (Å²) < 4.78 is 39.1. The molecule has 16 heavy (non-hydrogen) atoms. The van der Waals surface area contributed by atoms with Crippen LogP contribution in [0.5, 0.6) is 0 Å². The van der Waals surface area contributed by atoms with Crippen LogP contribution in [0, 0.1) is 0 Å². The monoisotopic (exact) mass is 248 g/mol. The Balaban J connectivity index is -0.000000162.